The summed E-state index contributed by atoms with van der Waals surface area (Å²) in [6.07, 6.45) is 0.720. The standard InChI is InChI=1S/C20H23N3O3/c1-13-5-4-6-16(9-13)7-8-21-20(26)17-10-18(22-14(2)24)12-19(11-17)23-15(3)25/h4-6,9-12H,7-8H2,1-3H3,(H,21,26)(H,22,24)(H,23,25). The van der Waals surface area contributed by atoms with Crippen LogP contribution in [0.5, 0.6) is 0 Å². The Bertz CT molecular complexity index is 797. The fourth-order valence-corrected chi connectivity index (χ4v) is 2.60. The maximum atomic E-state index is 12.4. The number of hydrogen-bond donors (Lipinski definition) is 3. The number of aryl methyl sites for hydroxylation is 1. The Balaban J connectivity index is 2.08. The quantitative estimate of drug-likeness (QED) is 0.746. The zero-order valence-electron chi connectivity index (χ0n) is 15.2. The van der Waals surface area contributed by atoms with E-state index in [1.165, 1.54) is 19.4 Å². The average Bonchev–Trinajstić information content (AvgIpc) is 2.53. The van der Waals surface area contributed by atoms with Crippen LogP contribution in [0.4, 0.5) is 11.4 Å². The molecule has 0 radical (unpaired) electrons. The molecule has 0 aliphatic heterocycles. The van der Waals surface area contributed by atoms with E-state index in [2.05, 4.69) is 22.0 Å². The van der Waals surface area contributed by atoms with E-state index >= 15 is 0 Å². The molecule has 3 amide bonds. The van der Waals surface area contributed by atoms with Crippen LogP contribution in [-0.2, 0) is 16.0 Å². The first-order chi connectivity index (χ1) is 12.3. The normalized spacial score (nSPS) is 10.1. The summed E-state index contributed by atoms with van der Waals surface area (Å²) in [5, 5.41) is 8.13. The molecule has 26 heavy (non-hydrogen) atoms. The Morgan fingerprint density at radius 2 is 1.50 bits per heavy atom. The van der Waals surface area contributed by atoms with Gasteiger partial charge in [-0.2, -0.15) is 0 Å². The Hall–Kier alpha value is -3.15. The zero-order valence-corrected chi connectivity index (χ0v) is 15.2. The number of nitrogens with one attached hydrogen (secondary N) is 3. The molecule has 0 aliphatic carbocycles. The summed E-state index contributed by atoms with van der Waals surface area (Å²) in [4.78, 5) is 35.0. The van der Waals surface area contributed by atoms with Crippen LogP contribution in [0.15, 0.2) is 42.5 Å². The first-order valence-corrected chi connectivity index (χ1v) is 8.37. The lowest BCUT2D eigenvalue weighted by atomic mass is 10.1. The van der Waals surface area contributed by atoms with Gasteiger partial charge in [0.2, 0.25) is 11.8 Å². The van der Waals surface area contributed by atoms with E-state index in [-0.39, 0.29) is 17.7 Å². The highest BCUT2D eigenvalue weighted by Gasteiger charge is 2.10. The summed E-state index contributed by atoms with van der Waals surface area (Å²) in [5.41, 5.74) is 3.59. The van der Waals surface area contributed by atoms with Gasteiger partial charge in [-0.05, 0) is 37.1 Å². The van der Waals surface area contributed by atoms with E-state index in [0.717, 1.165) is 12.0 Å². The molecule has 2 rings (SSSR count). The topological polar surface area (TPSA) is 87.3 Å². The number of anilines is 2. The van der Waals surface area contributed by atoms with Gasteiger partial charge in [0.05, 0.1) is 0 Å². The molecule has 2 aromatic rings. The van der Waals surface area contributed by atoms with E-state index in [0.29, 0.717) is 23.5 Å². The number of hydrogen-bond acceptors (Lipinski definition) is 3. The molecule has 0 spiro atoms. The van der Waals surface area contributed by atoms with Crippen LogP contribution in [0.2, 0.25) is 0 Å². The summed E-state index contributed by atoms with van der Waals surface area (Å²) < 4.78 is 0. The second kappa shape index (κ2) is 8.80. The Morgan fingerprint density at radius 3 is 2.04 bits per heavy atom. The van der Waals surface area contributed by atoms with E-state index in [9.17, 15) is 14.4 Å². The zero-order chi connectivity index (χ0) is 19.1. The predicted molar refractivity (Wildman–Crippen MR) is 102 cm³/mol. The first kappa shape index (κ1) is 19.2. The third kappa shape index (κ3) is 6.05. The summed E-state index contributed by atoms with van der Waals surface area (Å²) in [6.45, 7) is 5.28. The molecule has 0 aromatic heterocycles. The van der Waals surface area contributed by atoms with Gasteiger partial charge in [0.25, 0.3) is 5.91 Å². The maximum absolute atomic E-state index is 12.4. The van der Waals surface area contributed by atoms with Gasteiger partial charge in [-0.25, -0.2) is 0 Å². The lowest BCUT2D eigenvalue weighted by molar-refractivity contribution is -0.115. The van der Waals surface area contributed by atoms with Crippen molar-refractivity contribution in [2.45, 2.75) is 27.2 Å². The van der Waals surface area contributed by atoms with Crippen LogP contribution >= 0.6 is 0 Å². The second-order valence-electron chi connectivity index (χ2n) is 6.16. The van der Waals surface area contributed by atoms with Gasteiger partial charge in [-0.3, -0.25) is 14.4 Å². The molecule has 0 aliphatic rings. The highest BCUT2D eigenvalue weighted by Crippen LogP contribution is 2.19. The Morgan fingerprint density at radius 1 is 0.885 bits per heavy atom. The Labute approximate surface area is 153 Å². The van der Waals surface area contributed by atoms with Crippen molar-refractivity contribution in [3.63, 3.8) is 0 Å². The summed E-state index contributed by atoms with van der Waals surface area (Å²) >= 11 is 0. The molecule has 136 valence electrons. The van der Waals surface area contributed by atoms with Crippen molar-refractivity contribution in [2.75, 3.05) is 17.2 Å². The van der Waals surface area contributed by atoms with Crippen molar-refractivity contribution in [3.05, 3.63) is 59.2 Å². The van der Waals surface area contributed by atoms with Crippen LogP contribution in [-0.4, -0.2) is 24.3 Å². The summed E-state index contributed by atoms with van der Waals surface area (Å²) in [6, 6.07) is 12.9. The summed E-state index contributed by atoms with van der Waals surface area (Å²) in [7, 11) is 0. The molecule has 3 N–H and O–H groups in total. The third-order valence-electron chi connectivity index (χ3n) is 3.62. The number of benzene rings is 2. The summed E-state index contributed by atoms with van der Waals surface area (Å²) in [5.74, 6) is -0.775. The fraction of sp³-hybridized carbons (Fsp3) is 0.250. The van der Waals surface area contributed by atoms with Crippen molar-refractivity contribution < 1.29 is 14.4 Å². The highest BCUT2D eigenvalue weighted by molar-refractivity contribution is 5.99. The van der Waals surface area contributed by atoms with Gasteiger partial charge >= 0.3 is 0 Å². The smallest absolute Gasteiger partial charge is 0.251 e. The van der Waals surface area contributed by atoms with Crippen LogP contribution in [0.3, 0.4) is 0 Å². The van der Waals surface area contributed by atoms with Gasteiger partial charge in [0, 0.05) is 37.3 Å². The van der Waals surface area contributed by atoms with Crippen molar-refractivity contribution >= 4 is 29.1 Å². The molecule has 0 saturated carbocycles. The molecule has 2 aromatic carbocycles. The van der Waals surface area contributed by atoms with E-state index in [1.54, 1.807) is 18.2 Å². The van der Waals surface area contributed by atoms with E-state index in [1.807, 2.05) is 25.1 Å². The van der Waals surface area contributed by atoms with Crippen molar-refractivity contribution in [1.82, 2.24) is 5.32 Å². The van der Waals surface area contributed by atoms with Gasteiger partial charge in [-0.15, -0.1) is 0 Å². The lowest BCUT2D eigenvalue weighted by Gasteiger charge is -2.11. The molecule has 6 heteroatoms. The number of amides is 3. The van der Waals surface area contributed by atoms with Crippen molar-refractivity contribution in [2.24, 2.45) is 0 Å². The minimum atomic E-state index is -0.267. The molecule has 0 atom stereocenters. The molecule has 0 bridgehead atoms. The fourth-order valence-electron chi connectivity index (χ4n) is 2.60. The van der Waals surface area contributed by atoms with Gasteiger partial charge in [0.1, 0.15) is 0 Å². The predicted octanol–water partition coefficient (Wildman–Crippen LogP) is 2.88. The minimum absolute atomic E-state index is 0.254. The molecule has 0 heterocycles. The number of carbonyl (C=O) groups is 3. The lowest BCUT2D eigenvalue weighted by Crippen LogP contribution is -2.26. The van der Waals surface area contributed by atoms with Gasteiger partial charge in [0.15, 0.2) is 0 Å². The SMILES string of the molecule is CC(=O)Nc1cc(NC(C)=O)cc(C(=O)NCCc2cccc(C)c2)c1. The molecular formula is C20H23N3O3. The van der Waals surface area contributed by atoms with Crippen LogP contribution < -0.4 is 16.0 Å². The average molecular weight is 353 g/mol. The van der Waals surface area contributed by atoms with Gasteiger partial charge in [-0.1, -0.05) is 29.8 Å². The van der Waals surface area contributed by atoms with Crippen molar-refractivity contribution in [1.29, 1.82) is 0 Å². The van der Waals surface area contributed by atoms with E-state index in [4.69, 9.17) is 0 Å². The third-order valence-corrected chi connectivity index (χ3v) is 3.62. The molecular weight excluding hydrogens is 330 g/mol. The highest BCUT2D eigenvalue weighted by atomic mass is 16.2. The number of rotatable bonds is 6. The first-order valence-electron chi connectivity index (χ1n) is 8.37. The monoisotopic (exact) mass is 353 g/mol. The minimum Gasteiger partial charge on any atom is -0.352 e. The Kier molecular flexibility index (Phi) is 6.49. The van der Waals surface area contributed by atoms with Crippen LogP contribution in [0, 0.1) is 6.92 Å². The van der Waals surface area contributed by atoms with Crippen molar-refractivity contribution in [3.8, 4) is 0 Å². The largest absolute Gasteiger partial charge is 0.352 e. The van der Waals surface area contributed by atoms with E-state index < -0.39 is 0 Å². The molecule has 0 unspecified atom stereocenters. The molecule has 0 fully saturated rings. The van der Waals surface area contributed by atoms with Crippen LogP contribution in [0.1, 0.15) is 35.3 Å². The van der Waals surface area contributed by atoms with Gasteiger partial charge < -0.3 is 16.0 Å². The molecule has 0 saturated heterocycles. The molecule has 6 nitrogen and oxygen atoms in total. The second-order valence-corrected chi connectivity index (χ2v) is 6.16. The maximum Gasteiger partial charge on any atom is 0.251 e. The van der Waals surface area contributed by atoms with Crippen LogP contribution in [0.25, 0.3) is 0 Å². The number of carbonyl (C=O) groups excluding carboxylic acids is 3.